The Bertz CT molecular complexity index is 1150. The van der Waals surface area contributed by atoms with E-state index in [1.165, 1.54) is 10.5 Å². The molecule has 31 heavy (non-hydrogen) atoms. The second-order valence-corrected chi connectivity index (χ2v) is 7.79. The maximum atomic E-state index is 13.0. The van der Waals surface area contributed by atoms with Gasteiger partial charge in [0.25, 0.3) is 5.91 Å². The Hall–Kier alpha value is -3.57. The number of carbonyl (C=O) groups is 1. The number of para-hydroxylation sites is 1. The Morgan fingerprint density at radius 2 is 1.71 bits per heavy atom. The van der Waals surface area contributed by atoms with Crippen LogP contribution in [-0.2, 0) is 6.54 Å². The summed E-state index contributed by atoms with van der Waals surface area (Å²) in [6, 6.07) is 24.0. The third-order valence-corrected chi connectivity index (χ3v) is 5.35. The van der Waals surface area contributed by atoms with Crippen molar-refractivity contribution in [3.63, 3.8) is 0 Å². The van der Waals surface area contributed by atoms with Crippen molar-refractivity contribution in [1.29, 1.82) is 0 Å². The molecule has 0 bridgehead atoms. The molecule has 0 aliphatic rings. The summed E-state index contributed by atoms with van der Waals surface area (Å²) < 4.78 is 0. The number of rotatable bonds is 8. The Balaban J connectivity index is 1.41. The zero-order valence-corrected chi connectivity index (χ0v) is 17.7. The number of nitrogens with one attached hydrogen (secondary N) is 2. The van der Waals surface area contributed by atoms with Crippen LogP contribution in [0.2, 0.25) is 0 Å². The maximum absolute atomic E-state index is 13.0. The third-order valence-electron chi connectivity index (χ3n) is 5.35. The molecule has 0 fully saturated rings. The summed E-state index contributed by atoms with van der Waals surface area (Å²) in [5, 5.41) is 3.96. The fourth-order valence-corrected chi connectivity index (χ4v) is 3.75. The minimum atomic E-state index is -0.0605. The third kappa shape index (κ3) is 5.32. The number of benzene rings is 2. The molecule has 1 unspecified atom stereocenters. The van der Waals surface area contributed by atoms with Crippen molar-refractivity contribution in [1.82, 2.24) is 15.3 Å². The van der Waals surface area contributed by atoms with Crippen molar-refractivity contribution in [2.75, 3.05) is 20.1 Å². The maximum Gasteiger partial charge on any atom is 0.252 e. The zero-order chi connectivity index (χ0) is 21.5. The second kappa shape index (κ2) is 9.96. The van der Waals surface area contributed by atoms with Crippen molar-refractivity contribution in [2.24, 2.45) is 0 Å². The summed E-state index contributed by atoms with van der Waals surface area (Å²) in [5.41, 5.74) is 4.52. The minimum absolute atomic E-state index is 0.0605. The molecule has 2 aromatic heterocycles. The number of nitrogens with zero attached hydrogens (tertiary/aromatic N) is 2. The summed E-state index contributed by atoms with van der Waals surface area (Å²) in [4.78, 5) is 23.3. The molecule has 0 radical (unpaired) electrons. The van der Waals surface area contributed by atoms with E-state index in [0.717, 1.165) is 41.7 Å². The highest BCUT2D eigenvalue weighted by molar-refractivity contribution is 6.07. The number of quaternary nitrogens is 1. The largest absolute Gasteiger partial charge is 0.352 e. The first-order chi connectivity index (χ1) is 15.2. The Morgan fingerprint density at radius 3 is 2.52 bits per heavy atom. The lowest BCUT2D eigenvalue weighted by atomic mass is 10.0. The quantitative estimate of drug-likeness (QED) is 0.438. The van der Waals surface area contributed by atoms with Crippen molar-refractivity contribution < 1.29 is 9.69 Å². The van der Waals surface area contributed by atoms with Crippen molar-refractivity contribution in [3.8, 4) is 11.3 Å². The average Bonchev–Trinajstić information content (AvgIpc) is 2.82. The van der Waals surface area contributed by atoms with Gasteiger partial charge in [-0.1, -0.05) is 48.5 Å². The van der Waals surface area contributed by atoms with Gasteiger partial charge in [-0.05, 0) is 24.3 Å². The molecule has 0 spiro atoms. The van der Waals surface area contributed by atoms with Gasteiger partial charge in [-0.25, -0.2) is 4.98 Å². The van der Waals surface area contributed by atoms with E-state index in [1.54, 1.807) is 12.4 Å². The van der Waals surface area contributed by atoms with Crippen LogP contribution in [0.15, 0.2) is 85.2 Å². The van der Waals surface area contributed by atoms with Crippen LogP contribution in [0.25, 0.3) is 22.2 Å². The van der Waals surface area contributed by atoms with E-state index in [2.05, 4.69) is 41.6 Å². The number of carbonyl (C=O) groups excluding carboxylic acids is 1. The van der Waals surface area contributed by atoms with Crippen LogP contribution in [0.1, 0.15) is 22.3 Å². The monoisotopic (exact) mass is 411 g/mol. The van der Waals surface area contributed by atoms with Crippen LogP contribution in [-0.4, -0.2) is 36.0 Å². The molecule has 2 aromatic carbocycles. The minimum Gasteiger partial charge on any atom is -0.352 e. The fraction of sp³-hybridized carbons (Fsp3) is 0.192. The molecule has 0 saturated heterocycles. The summed E-state index contributed by atoms with van der Waals surface area (Å²) in [6.45, 7) is 2.62. The molecular formula is C26H27N4O+. The predicted octanol–water partition coefficient (Wildman–Crippen LogP) is 3.13. The van der Waals surface area contributed by atoms with Crippen LogP contribution in [0, 0.1) is 0 Å². The highest BCUT2D eigenvalue weighted by Gasteiger charge is 2.14. The normalized spacial score (nSPS) is 11.9. The van der Waals surface area contributed by atoms with Gasteiger partial charge >= 0.3 is 0 Å². The van der Waals surface area contributed by atoms with E-state index in [4.69, 9.17) is 4.98 Å². The molecule has 1 atom stereocenters. The standard InChI is InChI=1S/C26H26N4O/c1-30(19-20-8-3-2-4-9-20)17-7-14-28-26(31)23-18-25(21-12-15-27-16-13-21)29-24-11-6-5-10-22(23)24/h2-6,8-13,15-16,18H,7,14,17,19H2,1H3,(H,28,31)/p+1. The van der Waals surface area contributed by atoms with Gasteiger partial charge < -0.3 is 10.2 Å². The summed E-state index contributed by atoms with van der Waals surface area (Å²) in [7, 11) is 2.19. The molecule has 5 heteroatoms. The van der Waals surface area contributed by atoms with Crippen molar-refractivity contribution in [3.05, 3.63) is 96.3 Å². The molecule has 156 valence electrons. The highest BCUT2D eigenvalue weighted by atomic mass is 16.1. The van der Waals surface area contributed by atoms with Gasteiger partial charge in [0, 0.05) is 41.9 Å². The molecule has 5 nitrogen and oxygen atoms in total. The highest BCUT2D eigenvalue weighted by Crippen LogP contribution is 2.24. The van der Waals surface area contributed by atoms with E-state index in [-0.39, 0.29) is 5.91 Å². The number of hydrogen-bond acceptors (Lipinski definition) is 3. The van der Waals surface area contributed by atoms with E-state index in [9.17, 15) is 4.79 Å². The zero-order valence-electron chi connectivity index (χ0n) is 17.7. The lowest BCUT2D eigenvalue weighted by Crippen LogP contribution is -3.07. The number of fused-ring (bicyclic) bond motifs is 1. The molecule has 2 heterocycles. The summed E-state index contributed by atoms with van der Waals surface area (Å²) >= 11 is 0. The lowest BCUT2D eigenvalue weighted by molar-refractivity contribution is -0.893. The average molecular weight is 412 g/mol. The van der Waals surface area contributed by atoms with Gasteiger partial charge in [-0.15, -0.1) is 0 Å². The Morgan fingerprint density at radius 1 is 0.968 bits per heavy atom. The smallest absolute Gasteiger partial charge is 0.252 e. The van der Waals surface area contributed by atoms with E-state index >= 15 is 0 Å². The van der Waals surface area contributed by atoms with Crippen LogP contribution < -0.4 is 10.2 Å². The second-order valence-electron chi connectivity index (χ2n) is 7.79. The van der Waals surface area contributed by atoms with Crippen LogP contribution in [0.4, 0.5) is 0 Å². The van der Waals surface area contributed by atoms with Crippen LogP contribution in [0.3, 0.4) is 0 Å². The first-order valence-corrected chi connectivity index (χ1v) is 10.6. The van der Waals surface area contributed by atoms with Gasteiger partial charge in [0.15, 0.2) is 0 Å². The fourth-order valence-electron chi connectivity index (χ4n) is 3.75. The first-order valence-electron chi connectivity index (χ1n) is 10.6. The van der Waals surface area contributed by atoms with Gasteiger partial charge in [0.1, 0.15) is 6.54 Å². The molecule has 4 rings (SSSR count). The first kappa shape index (κ1) is 20.7. The topological polar surface area (TPSA) is 59.3 Å². The van der Waals surface area contributed by atoms with Crippen molar-refractivity contribution in [2.45, 2.75) is 13.0 Å². The predicted molar refractivity (Wildman–Crippen MR) is 124 cm³/mol. The molecular weight excluding hydrogens is 384 g/mol. The Labute approximate surface area is 182 Å². The Kier molecular flexibility index (Phi) is 6.65. The molecule has 4 aromatic rings. The molecule has 0 aliphatic heterocycles. The summed E-state index contributed by atoms with van der Waals surface area (Å²) in [5.74, 6) is -0.0605. The van der Waals surface area contributed by atoms with Crippen molar-refractivity contribution >= 4 is 16.8 Å². The molecule has 0 aliphatic carbocycles. The van der Waals surface area contributed by atoms with E-state index in [0.29, 0.717) is 12.1 Å². The molecule has 1 amide bonds. The van der Waals surface area contributed by atoms with E-state index < -0.39 is 0 Å². The summed E-state index contributed by atoms with van der Waals surface area (Å²) in [6.07, 6.45) is 4.39. The lowest BCUT2D eigenvalue weighted by Gasteiger charge is -2.14. The molecule has 2 N–H and O–H groups in total. The van der Waals surface area contributed by atoms with E-state index in [1.807, 2.05) is 48.5 Å². The van der Waals surface area contributed by atoms with Gasteiger partial charge in [0.05, 0.1) is 30.4 Å². The van der Waals surface area contributed by atoms with Crippen LogP contribution >= 0.6 is 0 Å². The van der Waals surface area contributed by atoms with Gasteiger partial charge in [-0.3, -0.25) is 9.78 Å². The molecule has 0 saturated carbocycles. The number of amides is 1. The van der Waals surface area contributed by atoms with Gasteiger partial charge in [-0.2, -0.15) is 0 Å². The number of hydrogen-bond donors (Lipinski definition) is 2. The SMILES string of the molecule is C[NH+](CCCNC(=O)c1cc(-c2ccncc2)nc2ccccc12)Cc1ccccc1. The van der Waals surface area contributed by atoms with Gasteiger partial charge in [0.2, 0.25) is 0 Å². The van der Waals surface area contributed by atoms with Crippen LogP contribution in [0.5, 0.6) is 0 Å². The number of pyridine rings is 2. The number of aromatic nitrogens is 2.